The van der Waals surface area contributed by atoms with Crippen LogP contribution in [0.2, 0.25) is 0 Å². The average molecular weight is 392 g/mol. The van der Waals surface area contributed by atoms with Crippen molar-refractivity contribution in [2.24, 2.45) is 5.92 Å². The quantitative estimate of drug-likeness (QED) is 0.771. The fraction of sp³-hybridized carbons (Fsp3) is 0.650. The predicted molar refractivity (Wildman–Crippen MR) is 104 cm³/mol. The first-order valence-corrected chi connectivity index (χ1v) is 11.6. The van der Waals surface area contributed by atoms with Gasteiger partial charge in [0.15, 0.2) is 0 Å². The summed E-state index contributed by atoms with van der Waals surface area (Å²) in [6, 6.07) is 6.71. The molecule has 27 heavy (non-hydrogen) atoms. The lowest BCUT2D eigenvalue weighted by Gasteiger charge is -2.35. The third kappa shape index (κ3) is 4.20. The molecule has 0 unspecified atom stereocenters. The normalized spacial score (nSPS) is 22.7. The van der Waals surface area contributed by atoms with Gasteiger partial charge in [0.2, 0.25) is 10.0 Å². The van der Waals surface area contributed by atoms with Crippen LogP contribution >= 0.6 is 0 Å². The number of hydrogen-bond acceptors (Lipinski definition) is 4. The molecule has 0 radical (unpaired) electrons. The van der Waals surface area contributed by atoms with E-state index in [9.17, 15) is 13.2 Å². The lowest BCUT2D eigenvalue weighted by atomic mass is 10.1. The van der Waals surface area contributed by atoms with Gasteiger partial charge in [-0.15, -0.1) is 0 Å². The van der Waals surface area contributed by atoms with Gasteiger partial charge in [0.1, 0.15) is 0 Å². The van der Waals surface area contributed by atoms with Crippen molar-refractivity contribution in [1.82, 2.24) is 14.1 Å². The zero-order valence-corrected chi connectivity index (χ0v) is 16.7. The van der Waals surface area contributed by atoms with Crippen molar-refractivity contribution < 1.29 is 13.2 Å². The van der Waals surface area contributed by atoms with Crippen LogP contribution in [0.5, 0.6) is 0 Å². The van der Waals surface area contributed by atoms with Gasteiger partial charge in [-0.05, 0) is 43.7 Å². The number of nitrogens with zero attached hydrogens (tertiary/aromatic N) is 3. The molecule has 0 N–H and O–H groups in total. The molecule has 2 saturated heterocycles. The molecule has 0 aromatic heterocycles. The van der Waals surface area contributed by atoms with Crippen LogP contribution in [-0.2, 0) is 10.0 Å². The summed E-state index contributed by atoms with van der Waals surface area (Å²) in [5.41, 5.74) is 0.318. The van der Waals surface area contributed by atoms with Gasteiger partial charge >= 0.3 is 0 Å². The van der Waals surface area contributed by atoms with E-state index in [0.29, 0.717) is 31.7 Å². The number of rotatable bonds is 5. The zero-order chi connectivity index (χ0) is 18.9. The Balaban J connectivity index is 1.49. The van der Waals surface area contributed by atoms with E-state index in [1.54, 1.807) is 24.3 Å². The molecule has 0 spiro atoms. The third-order valence-electron chi connectivity index (χ3n) is 5.92. The largest absolute Gasteiger partial charge is 0.336 e. The fourth-order valence-electron chi connectivity index (χ4n) is 4.08. The molecule has 7 heteroatoms. The van der Waals surface area contributed by atoms with Crippen LogP contribution in [0.4, 0.5) is 0 Å². The summed E-state index contributed by atoms with van der Waals surface area (Å²) in [7, 11) is -3.62. The molecule has 4 rings (SSSR count). The van der Waals surface area contributed by atoms with E-state index < -0.39 is 10.0 Å². The van der Waals surface area contributed by atoms with Gasteiger partial charge in [-0.3, -0.25) is 9.69 Å². The van der Waals surface area contributed by atoms with E-state index in [0.717, 1.165) is 44.8 Å². The third-order valence-corrected chi connectivity index (χ3v) is 7.88. The standard InChI is InChI=1S/C20H29N3O3S/c24-20(22-14-12-21(13-15-22)16-17-8-9-17)18-6-2-3-7-19(18)27(25,26)23-10-4-1-5-11-23/h2-3,6-7,17H,1,4-5,8-16H2. The van der Waals surface area contributed by atoms with Crippen LogP contribution < -0.4 is 0 Å². The summed E-state index contributed by atoms with van der Waals surface area (Å²) in [6.07, 6.45) is 5.51. The second kappa shape index (κ2) is 7.89. The number of benzene rings is 1. The first-order valence-electron chi connectivity index (χ1n) is 10.2. The van der Waals surface area contributed by atoms with E-state index in [2.05, 4.69) is 4.90 Å². The topological polar surface area (TPSA) is 60.9 Å². The number of piperidine rings is 1. The van der Waals surface area contributed by atoms with Gasteiger partial charge < -0.3 is 4.90 Å². The summed E-state index contributed by atoms with van der Waals surface area (Å²) in [6.45, 7) is 5.33. The first kappa shape index (κ1) is 18.9. The number of amides is 1. The van der Waals surface area contributed by atoms with Crippen LogP contribution in [0, 0.1) is 5.92 Å². The van der Waals surface area contributed by atoms with E-state index in [-0.39, 0.29) is 10.8 Å². The Morgan fingerprint density at radius 2 is 1.59 bits per heavy atom. The molecule has 6 nitrogen and oxygen atoms in total. The molecule has 148 valence electrons. The Hall–Kier alpha value is -1.44. The number of hydrogen-bond donors (Lipinski definition) is 0. The van der Waals surface area contributed by atoms with E-state index in [1.807, 2.05) is 4.90 Å². The second-order valence-electron chi connectivity index (χ2n) is 8.00. The highest BCUT2D eigenvalue weighted by Gasteiger charge is 2.32. The van der Waals surface area contributed by atoms with Crippen molar-refractivity contribution in [3.05, 3.63) is 29.8 Å². The van der Waals surface area contributed by atoms with Crippen LogP contribution in [-0.4, -0.2) is 74.2 Å². The molecule has 1 aromatic carbocycles. The maximum atomic E-state index is 13.1. The predicted octanol–water partition coefficient (Wildman–Crippen LogP) is 2.03. The molecule has 3 aliphatic rings. The summed E-state index contributed by atoms with van der Waals surface area (Å²) in [5.74, 6) is 0.694. The van der Waals surface area contributed by atoms with Crippen LogP contribution in [0.15, 0.2) is 29.2 Å². The number of piperazine rings is 1. The minimum Gasteiger partial charge on any atom is -0.336 e. The smallest absolute Gasteiger partial charge is 0.255 e. The van der Waals surface area contributed by atoms with Crippen LogP contribution in [0.3, 0.4) is 0 Å². The highest BCUT2D eigenvalue weighted by Crippen LogP contribution is 2.30. The maximum Gasteiger partial charge on any atom is 0.255 e. The Morgan fingerprint density at radius 3 is 2.26 bits per heavy atom. The molecule has 0 atom stereocenters. The first-order chi connectivity index (χ1) is 13.1. The number of carbonyl (C=O) groups is 1. The van der Waals surface area contributed by atoms with Crippen molar-refractivity contribution in [2.75, 3.05) is 45.8 Å². The van der Waals surface area contributed by atoms with Gasteiger partial charge in [-0.2, -0.15) is 4.31 Å². The van der Waals surface area contributed by atoms with Crippen molar-refractivity contribution in [3.63, 3.8) is 0 Å². The minimum absolute atomic E-state index is 0.155. The van der Waals surface area contributed by atoms with E-state index in [4.69, 9.17) is 0 Å². The molecule has 0 bridgehead atoms. The highest BCUT2D eigenvalue weighted by molar-refractivity contribution is 7.89. The monoisotopic (exact) mass is 391 g/mol. The lowest BCUT2D eigenvalue weighted by molar-refractivity contribution is 0.0628. The molecule has 1 aromatic rings. The van der Waals surface area contributed by atoms with Gasteiger partial charge in [0, 0.05) is 45.8 Å². The minimum atomic E-state index is -3.62. The van der Waals surface area contributed by atoms with E-state index >= 15 is 0 Å². The summed E-state index contributed by atoms with van der Waals surface area (Å²) in [4.78, 5) is 17.5. The molecule has 2 aliphatic heterocycles. The number of carbonyl (C=O) groups excluding carboxylic acids is 1. The summed E-state index contributed by atoms with van der Waals surface area (Å²) in [5, 5.41) is 0. The SMILES string of the molecule is O=C(c1ccccc1S(=O)(=O)N1CCCCC1)N1CCN(CC2CC2)CC1. The second-order valence-corrected chi connectivity index (χ2v) is 9.90. The molecular weight excluding hydrogens is 362 g/mol. The molecule has 1 saturated carbocycles. The zero-order valence-electron chi connectivity index (χ0n) is 15.8. The van der Waals surface area contributed by atoms with Gasteiger partial charge in [-0.1, -0.05) is 18.6 Å². The lowest BCUT2D eigenvalue weighted by Crippen LogP contribution is -2.49. The van der Waals surface area contributed by atoms with Crippen LogP contribution in [0.1, 0.15) is 42.5 Å². The number of sulfonamides is 1. The Kier molecular flexibility index (Phi) is 5.53. The highest BCUT2D eigenvalue weighted by atomic mass is 32.2. The van der Waals surface area contributed by atoms with Gasteiger partial charge in [0.25, 0.3) is 5.91 Å². The summed E-state index contributed by atoms with van der Waals surface area (Å²) >= 11 is 0. The Bertz CT molecular complexity index is 777. The molecule has 1 aliphatic carbocycles. The Labute approximate surface area is 162 Å². The van der Waals surface area contributed by atoms with E-state index in [1.165, 1.54) is 17.1 Å². The van der Waals surface area contributed by atoms with Crippen molar-refractivity contribution >= 4 is 15.9 Å². The maximum absolute atomic E-state index is 13.1. The fourth-order valence-corrected chi connectivity index (χ4v) is 5.78. The Morgan fingerprint density at radius 1 is 0.926 bits per heavy atom. The molecule has 3 fully saturated rings. The van der Waals surface area contributed by atoms with Crippen LogP contribution in [0.25, 0.3) is 0 Å². The average Bonchev–Trinajstić information content (AvgIpc) is 3.53. The van der Waals surface area contributed by atoms with Gasteiger partial charge in [0.05, 0.1) is 10.5 Å². The van der Waals surface area contributed by atoms with Crippen molar-refractivity contribution in [1.29, 1.82) is 0 Å². The van der Waals surface area contributed by atoms with Gasteiger partial charge in [-0.25, -0.2) is 8.42 Å². The van der Waals surface area contributed by atoms with Crippen molar-refractivity contribution in [3.8, 4) is 0 Å². The van der Waals surface area contributed by atoms with Crippen molar-refractivity contribution in [2.45, 2.75) is 37.0 Å². The molecular formula is C20H29N3O3S. The molecule has 2 heterocycles. The summed E-state index contributed by atoms with van der Waals surface area (Å²) < 4.78 is 27.8. The molecule has 1 amide bonds.